The molecule has 0 bridgehead atoms. The molecule has 1 heterocycles. The van der Waals surface area contributed by atoms with E-state index in [9.17, 15) is 0 Å². The second kappa shape index (κ2) is 8.29. The van der Waals surface area contributed by atoms with Gasteiger partial charge >= 0.3 is 0 Å². The van der Waals surface area contributed by atoms with Gasteiger partial charge in [0.25, 0.3) is 0 Å². The zero-order chi connectivity index (χ0) is 14.1. The largest absolute Gasteiger partial charge is 0.409 e. The van der Waals surface area contributed by atoms with Crippen LogP contribution in [0.5, 0.6) is 0 Å². The summed E-state index contributed by atoms with van der Waals surface area (Å²) in [5.41, 5.74) is 6.10. The molecule has 0 aliphatic heterocycles. The maximum atomic E-state index is 8.82. The molecule has 0 aromatic carbocycles. The highest BCUT2D eigenvalue weighted by molar-refractivity contribution is 5.99. The van der Waals surface area contributed by atoms with Crippen molar-refractivity contribution in [2.45, 2.75) is 39.5 Å². The predicted octanol–water partition coefficient (Wildman–Crippen LogP) is 1.98. The van der Waals surface area contributed by atoms with E-state index in [2.05, 4.69) is 33.9 Å². The van der Waals surface area contributed by atoms with Crippen LogP contribution in [-0.2, 0) is 0 Å². The smallest absolute Gasteiger partial charge is 0.192 e. The molecule has 19 heavy (non-hydrogen) atoms. The molecule has 0 saturated carbocycles. The van der Waals surface area contributed by atoms with Crippen molar-refractivity contribution >= 4 is 11.7 Å². The molecule has 6 heteroatoms. The number of hydrogen-bond donors (Lipinski definition) is 2. The maximum absolute atomic E-state index is 8.82. The van der Waals surface area contributed by atoms with E-state index >= 15 is 0 Å². The fourth-order valence-electron chi connectivity index (χ4n) is 1.81. The molecule has 0 aliphatic carbocycles. The summed E-state index contributed by atoms with van der Waals surface area (Å²) in [7, 11) is 0. The number of rotatable bonds is 8. The van der Waals surface area contributed by atoms with Crippen LogP contribution >= 0.6 is 0 Å². The lowest BCUT2D eigenvalue weighted by atomic mass is 10.2. The Morgan fingerprint density at radius 1 is 1.21 bits per heavy atom. The summed E-state index contributed by atoms with van der Waals surface area (Å²) in [5.74, 6) is 0.695. The SMILES string of the molecule is CCCCN(CCCC)c1nccnc1C(N)=NO. The minimum atomic E-state index is 0.00102. The Bertz CT molecular complexity index is 400. The monoisotopic (exact) mass is 265 g/mol. The van der Waals surface area contributed by atoms with Crippen LogP contribution in [0.15, 0.2) is 17.5 Å². The second-order valence-electron chi connectivity index (χ2n) is 4.41. The Labute approximate surface area is 114 Å². The minimum absolute atomic E-state index is 0.00102. The number of nitrogens with two attached hydrogens (primary N) is 1. The number of anilines is 1. The average Bonchev–Trinajstić information content (AvgIpc) is 2.47. The van der Waals surface area contributed by atoms with E-state index in [-0.39, 0.29) is 5.84 Å². The van der Waals surface area contributed by atoms with Crippen molar-refractivity contribution in [2.75, 3.05) is 18.0 Å². The molecule has 1 aromatic rings. The Balaban J connectivity index is 2.99. The Kier molecular flexibility index (Phi) is 6.63. The van der Waals surface area contributed by atoms with Crippen LogP contribution in [0.25, 0.3) is 0 Å². The topological polar surface area (TPSA) is 87.6 Å². The standard InChI is InChI=1S/C13H23N5O/c1-3-5-9-18(10-6-4-2)13-11(12(14)17-19)15-7-8-16-13/h7-8,19H,3-6,9-10H2,1-2H3,(H2,14,17). The molecule has 3 N–H and O–H groups in total. The molecule has 0 aliphatic rings. The fraction of sp³-hybridized carbons (Fsp3) is 0.615. The summed E-state index contributed by atoms with van der Waals surface area (Å²) in [4.78, 5) is 10.7. The summed E-state index contributed by atoms with van der Waals surface area (Å²) in [6, 6.07) is 0. The number of aromatic nitrogens is 2. The zero-order valence-corrected chi connectivity index (χ0v) is 11.7. The molecule has 1 rings (SSSR count). The molecule has 0 spiro atoms. The summed E-state index contributed by atoms with van der Waals surface area (Å²) in [6.45, 7) is 6.11. The normalized spacial score (nSPS) is 11.6. The number of amidine groups is 1. The van der Waals surface area contributed by atoms with E-state index in [1.807, 2.05) is 0 Å². The van der Waals surface area contributed by atoms with Gasteiger partial charge in [-0.25, -0.2) is 9.97 Å². The van der Waals surface area contributed by atoms with Gasteiger partial charge in [0.15, 0.2) is 17.3 Å². The van der Waals surface area contributed by atoms with E-state index in [0.717, 1.165) is 38.8 Å². The summed E-state index contributed by atoms with van der Waals surface area (Å²) in [5, 5.41) is 11.9. The van der Waals surface area contributed by atoms with Crippen molar-refractivity contribution in [3.05, 3.63) is 18.1 Å². The molecule has 106 valence electrons. The zero-order valence-electron chi connectivity index (χ0n) is 11.7. The van der Waals surface area contributed by atoms with Crippen LogP contribution in [-0.4, -0.2) is 34.1 Å². The molecule has 1 aromatic heterocycles. The van der Waals surface area contributed by atoms with Gasteiger partial charge < -0.3 is 15.8 Å². The van der Waals surface area contributed by atoms with Gasteiger partial charge in [-0.15, -0.1) is 0 Å². The van der Waals surface area contributed by atoms with E-state index in [1.165, 1.54) is 0 Å². The van der Waals surface area contributed by atoms with Crippen LogP contribution in [0.3, 0.4) is 0 Å². The lowest BCUT2D eigenvalue weighted by molar-refractivity contribution is 0.318. The van der Waals surface area contributed by atoms with Gasteiger partial charge in [0.2, 0.25) is 0 Å². The third-order valence-electron chi connectivity index (χ3n) is 2.89. The Morgan fingerprint density at radius 2 is 1.79 bits per heavy atom. The molecule has 0 unspecified atom stereocenters. The molecule has 0 atom stereocenters. The first-order valence-corrected chi connectivity index (χ1v) is 6.78. The quantitative estimate of drug-likeness (QED) is 0.325. The van der Waals surface area contributed by atoms with E-state index in [4.69, 9.17) is 10.9 Å². The van der Waals surface area contributed by atoms with Crippen molar-refractivity contribution in [3.63, 3.8) is 0 Å². The van der Waals surface area contributed by atoms with Crippen molar-refractivity contribution < 1.29 is 5.21 Å². The molecule has 0 saturated heterocycles. The van der Waals surface area contributed by atoms with Crippen LogP contribution < -0.4 is 10.6 Å². The Morgan fingerprint density at radius 3 is 2.32 bits per heavy atom. The number of unbranched alkanes of at least 4 members (excludes halogenated alkanes) is 2. The van der Waals surface area contributed by atoms with E-state index < -0.39 is 0 Å². The Hall–Kier alpha value is -1.85. The highest BCUT2D eigenvalue weighted by Crippen LogP contribution is 2.16. The molecule has 0 fully saturated rings. The van der Waals surface area contributed by atoms with E-state index in [0.29, 0.717) is 11.5 Å². The van der Waals surface area contributed by atoms with Gasteiger partial charge in [0, 0.05) is 25.5 Å². The van der Waals surface area contributed by atoms with Crippen molar-refractivity contribution in [2.24, 2.45) is 10.9 Å². The summed E-state index contributed by atoms with van der Waals surface area (Å²) >= 11 is 0. The highest BCUT2D eigenvalue weighted by Gasteiger charge is 2.16. The highest BCUT2D eigenvalue weighted by atomic mass is 16.4. The van der Waals surface area contributed by atoms with Gasteiger partial charge in [0.1, 0.15) is 0 Å². The first-order chi connectivity index (χ1) is 9.24. The molecule has 0 radical (unpaired) electrons. The first kappa shape index (κ1) is 15.2. The summed E-state index contributed by atoms with van der Waals surface area (Å²) < 4.78 is 0. The minimum Gasteiger partial charge on any atom is -0.409 e. The number of hydrogen-bond acceptors (Lipinski definition) is 5. The first-order valence-electron chi connectivity index (χ1n) is 6.78. The lowest BCUT2D eigenvalue weighted by Crippen LogP contribution is -2.30. The van der Waals surface area contributed by atoms with Crippen molar-refractivity contribution in [3.8, 4) is 0 Å². The fourth-order valence-corrected chi connectivity index (χ4v) is 1.81. The van der Waals surface area contributed by atoms with Gasteiger partial charge in [-0.2, -0.15) is 0 Å². The lowest BCUT2D eigenvalue weighted by Gasteiger charge is -2.24. The third-order valence-corrected chi connectivity index (χ3v) is 2.89. The predicted molar refractivity (Wildman–Crippen MR) is 76.6 cm³/mol. The molecular weight excluding hydrogens is 242 g/mol. The van der Waals surface area contributed by atoms with Crippen LogP contribution in [0.1, 0.15) is 45.2 Å². The van der Waals surface area contributed by atoms with Crippen LogP contribution in [0.2, 0.25) is 0 Å². The third kappa shape index (κ3) is 4.39. The summed E-state index contributed by atoms with van der Waals surface area (Å²) in [6.07, 6.45) is 7.57. The number of nitrogens with zero attached hydrogens (tertiary/aromatic N) is 4. The van der Waals surface area contributed by atoms with Crippen LogP contribution in [0.4, 0.5) is 5.82 Å². The van der Waals surface area contributed by atoms with Crippen molar-refractivity contribution in [1.82, 2.24) is 9.97 Å². The van der Waals surface area contributed by atoms with Crippen LogP contribution in [0, 0.1) is 0 Å². The average molecular weight is 265 g/mol. The van der Waals surface area contributed by atoms with Gasteiger partial charge in [0.05, 0.1) is 0 Å². The second-order valence-corrected chi connectivity index (χ2v) is 4.41. The molecular formula is C13H23N5O. The maximum Gasteiger partial charge on any atom is 0.192 e. The van der Waals surface area contributed by atoms with Crippen molar-refractivity contribution in [1.29, 1.82) is 0 Å². The van der Waals surface area contributed by atoms with E-state index in [1.54, 1.807) is 12.4 Å². The molecule has 6 nitrogen and oxygen atoms in total. The van der Waals surface area contributed by atoms with Gasteiger partial charge in [-0.05, 0) is 12.8 Å². The molecule has 0 amide bonds. The number of oxime groups is 1. The van der Waals surface area contributed by atoms with Gasteiger partial charge in [-0.3, -0.25) is 0 Å². The van der Waals surface area contributed by atoms with Gasteiger partial charge in [-0.1, -0.05) is 31.8 Å².